The molecule has 1 aliphatic heterocycles. The third kappa shape index (κ3) is 5.20. The van der Waals surface area contributed by atoms with Gasteiger partial charge in [0.05, 0.1) is 38.5 Å². The normalized spacial score (nSPS) is 15.2. The first-order valence-electron chi connectivity index (χ1n) is 12.2. The van der Waals surface area contributed by atoms with Gasteiger partial charge >= 0.3 is 5.97 Å². The lowest BCUT2D eigenvalue weighted by Crippen LogP contribution is -2.39. The molecule has 0 aliphatic carbocycles. The first-order valence-corrected chi connectivity index (χ1v) is 13.8. The van der Waals surface area contributed by atoms with Crippen molar-refractivity contribution in [3.8, 4) is 11.3 Å². The Morgan fingerprint density at radius 3 is 2.54 bits per heavy atom. The number of aromatic nitrogens is 1. The molecule has 7 nitrogen and oxygen atoms in total. The second kappa shape index (κ2) is 10.9. The zero-order chi connectivity index (χ0) is 27.8. The van der Waals surface area contributed by atoms with Gasteiger partial charge in [-0.1, -0.05) is 46.7 Å². The summed E-state index contributed by atoms with van der Waals surface area (Å²) in [6.07, 6.45) is 1.68. The van der Waals surface area contributed by atoms with Crippen LogP contribution >= 0.6 is 34.5 Å². The number of carbonyl (C=O) groups excluding carboxylic acids is 1. The van der Waals surface area contributed by atoms with Crippen molar-refractivity contribution in [2.75, 3.05) is 25.6 Å². The Hall–Kier alpha value is -3.59. The number of allylic oxidation sites excluding steroid dienone is 1. The van der Waals surface area contributed by atoms with Crippen LogP contribution in [0.5, 0.6) is 0 Å². The number of furan rings is 1. The maximum absolute atomic E-state index is 13.8. The highest BCUT2D eigenvalue weighted by Gasteiger charge is 2.33. The van der Waals surface area contributed by atoms with E-state index >= 15 is 0 Å². The number of esters is 1. The number of hydrogen-bond donors (Lipinski definition) is 0. The molecule has 0 amide bonds. The average molecular weight is 583 g/mol. The van der Waals surface area contributed by atoms with Gasteiger partial charge in [-0.05, 0) is 61.9 Å². The summed E-state index contributed by atoms with van der Waals surface area (Å²) in [5.74, 6) is 0.591. The maximum atomic E-state index is 13.8. The molecule has 1 aliphatic rings. The van der Waals surface area contributed by atoms with Crippen LogP contribution in [0.1, 0.15) is 31.2 Å². The summed E-state index contributed by atoms with van der Waals surface area (Å²) >= 11 is 13.4. The Balaban J connectivity index is 1.62. The number of nitrogens with zero attached hydrogens (tertiary/aromatic N) is 3. The molecule has 5 rings (SSSR count). The third-order valence-corrected chi connectivity index (χ3v) is 8.07. The van der Waals surface area contributed by atoms with Crippen LogP contribution in [0.4, 0.5) is 5.69 Å². The van der Waals surface area contributed by atoms with Gasteiger partial charge in [0.2, 0.25) is 0 Å². The van der Waals surface area contributed by atoms with Crippen LogP contribution in [0, 0.1) is 0 Å². The summed E-state index contributed by atoms with van der Waals surface area (Å²) in [4.78, 5) is 34.0. The molecule has 0 bridgehead atoms. The number of benzene rings is 2. The fraction of sp³-hybridized carbons (Fsp3) is 0.207. The van der Waals surface area contributed by atoms with Crippen molar-refractivity contribution in [3.63, 3.8) is 0 Å². The Labute approximate surface area is 238 Å². The van der Waals surface area contributed by atoms with Gasteiger partial charge in [-0.3, -0.25) is 9.36 Å². The number of halogens is 2. The molecule has 0 radical (unpaired) electrons. The van der Waals surface area contributed by atoms with Gasteiger partial charge in [0.1, 0.15) is 11.5 Å². The standard InChI is InChI=1S/C29H25Cl2N3O4S/c1-5-37-28(36)25-16(2)32-29-34(26(25)17-6-9-19(10-7-17)33(3)4)27(35)24(39-29)15-20-11-13-23(38-20)18-8-12-21(30)22(31)14-18/h6-15,26H,5H2,1-4H3/b24-15-. The maximum Gasteiger partial charge on any atom is 0.338 e. The van der Waals surface area contributed by atoms with Gasteiger partial charge in [0.15, 0.2) is 4.80 Å². The van der Waals surface area contributed by atoms with Crippen LogP contribution in [0.2, 0.25) is 10.0 Å². The number of carbonyl (C=O) groups is 1. The van der Waals surface area contributed by atoms with E-state index in [0.29, 0.717) is 42.2 Å². The van der Waals surface area contributed by atoms with Crippen molar-refractivity contribution in [2.45, 2.75) is 19.9 Å². The minimum absolute atomic E-state index is 0.214. The minimum atomic E-state index is -0.679. The summed E-state index contributed by atoms with van der Waals surface area (Å²) in [6, 6.07) is 15.9. The number of fused-ring (bicyclic) bond motifs is 1. The number of hydrogen-bond acceptors (Lipinski definition) is 7. The minimum Gasteiger partial charge on any atom is -0.463 e. The summed E-state index contributed by atoms with van der Waals surface area (Å²) in [5.41, 5.74) is 3.13. The zero-order valence-electron chi connectivity index (χ0n) is 21.7. The molecule has 0 N–H and O–H groups in total. The molecule has 2 aromatic carbocycles. The number of rotatable bonds is 6. The first kappa shape index (κ1) is 27.0. The van der Waals surface area contributed by atoms with E-state index in [0.717, 1.165) is 16.8 Å². The van der Waals surface area contributed by atoms with Crippen LogP contribution in [0.3, 0.4) is 0 Å². The van der Waals surface area contributed by atoms with E-state index in [1.807, 2.05) is 49.3 Å². The lowest BCUT2D eigenvalue weighted by Gasteiger charge is -2.25. The van der Waals surface area contributed by atoms with E-state index in [2.05, 4.69) is 4.99 Å². The molecule has 2 aromatic heterocycles. The van der Waals surface area contributed by atoms with Crippen LogP contribution in [0.15, 0.2) is 80.1 Å². The quantitative estimate of drug-likeness (QED) is 0.284. The number of anilines is 1. The molecule has 0 saturated carbocycles. The van der Waals surface area contributed by atoms with Gasteiger partial charge in [0.25, 0.3) is 5.56 Å². The molecular weight excluding hydrogens is 557 g/mol. The molecule has 10 heteroatoms. The Morgan fingerprint density at radius 2 is 1.87 bits per heavy atom. The molecular formula is C29H25Cl2N3O4S. The van der Waals surface area contributed by atoms with Crippen LogP contribution in [-0.2, 0) is 9.53 Å². The van der Waals surface area contributed by atoms with E-state index in [1.54, 1.807) is 48.8 Å². The van der Waals surface area contributed by atoms with Crippen molar-refractivity contribution in [1.29, 1.82) is 0 Å². The molecule has 39 heavy (non-hydrogen) atoms. The van der Waals surface area contributed by atoms with Crippen molar-refractivity contribution in [2.24, 2.45) is 4.99 Å². The number of thiazole rings is 1. The zero-order valence-corrected chi connectivity index (χ0v) is 24.0. The molecule has 3 heterocycles. The topological polar surface area (TPSA) is 77.0 Å². The van der Waals surface area contributed by atoms with Crippen molar-refractivity contribution < 1.29 is 13.9 Å². The summed E-state index contributed by atoms with van der Waals surface area (Å²) in [5, 5.41) is 0.878. The van der Waals surface area contributed by atoms with Crippen LogP contribution < -0.4 is 19.8 Å². The van der Waals surface area contributed by atoms with Crippen molar-refractivity contribution >= 4 is 52.3 Å². The highest BCUT2D eigenvalue weighted by atomic mass is 35.5. The second-order valence-electron chi connectivity index (χ2n) is 9.12. The van der Waals surface area contributed by atoms with E-state index in [-0.39, 0.29) is 12.2 Å². The molecule has 200 valence electrons. The van der Waals surface area contributed by atoms with E-state index in [9.17, 15) is 9.59 Å². The lowest BCUT2D eigenvalue weighted by atomic mass is 9.95. The van der Waals surface area contributed by atoms with Gasteiger partial charge in [-0.25, -0.2) is 9.79 Å². The SMILES string of the molecule is CCOC(=O)C1=C(C)N=c2s/c(=C\c3ccc(-c4ccc(Cl)c(Cl)c4)o3)c(=O)n2C1c1ccc(N(C)C)cc1. The van der Waals surface area contributed by atoms with E-state index < -0.39 is 12.0 Å². The predicted molar refractivity (Wildman–Crippen MR) is 155 cm³/mol. The Morgan fingerprint density at radius 1 is 1.13 bits per heavy atom. The van der Waals surface area contributed by atoms with Gasteiger partial charge in [-0.2, -0.15) is 0 Å². The predicted octanol–water partition coefficient (Wildman–Crippen LogP) is 5.43. The fourth-order valence-corrected chi connectivity index (χ4v) is 5.75. The summed E-state index contributed by atoms with van der Waals surface area (Å²) in [7, 11) is 3.90. The van der Waals surface area contributed by atoms with Gasteiger partial charge < -0.3 is 14.1 Å². The number of ether oxygens (including phenoxy) is 1. The van der Waals surface area contributed by atoms with Gasteiger partial charge in [0, 0.05) is 31.4 Å². The molecule has 0 spiro atoms. The average Bonchev–Trinajstić information content (AvgIpc) is 3.49. The van der Waals surface area contributed by atoms with E-state index in [1.165, 1.54) is 11.3 Å². The van der Waals surface area contributed by atoms with Gasteiger partial charge in [-0.15, -0.1) is 0 Å². The molecule has 1 atom stereocenters. The largest absolute Gasteiger partial charge is 0.463 e. The lowest BCUT2D eigenvalue weighted by molar-refractivity contribution is -0.139. The van der Waals surface area contributed by atoms with Crippen molar-refractivity contribution in [3.05, 3.63) is 107 Å². The van der Waals surface area contributed by atoms with Crippen LogP contribution in [0.25, 0.3) is 17.4 Å². The first-order chi connectivity index (χ1) is 18.7. The Bertz CT molecular complexity index is 1780. The second-order valence-corrected chi connectivity index (χ2v) is 10.9. The molecule has 0 fully saturated rings. The summed E-state index contributed by atoms with van der Waals surface area (Å²) in [6.45, 7) is 3.73. The molecule has 1 unspecified atom stereocenters. The Kier molecular flexibility index (Phi) is 7.53. The van der Waals surface area contributed by atoms with E-state index in [4.69, 9.17) is 32.4 Å². The fourth-order valence-electron chi connectivity index (χ4n) is 4.43. The van der Waals surface area contributed by atoms with Crippen LogP contribution in [-0.4, -0.2) is 31.2 Å². The highest BCUT2D eigenvalue weighted by Crippen LogP contribution is 2.32. The van der Waals surface area contributed by atoms with Crippen molar-refractivity contribution in [1.82, 2.24) is 4.57 Å². The third-order valence-electron chi connectivity index (χ3n) is 6.35. The highest BCUT2D eigenvalue weighted by molar-refractivity contribution is 7.07. The molecule has 4 aromatic rings. The monoisotopic (exact) mass is 581 g/mol. The summed E-state index contributed by atoms with van der Waals surface area (Å²) < 4.78 is 13.3. The molecule has 0 saturated heterocycles. The smallest absolute Gasteiger partial charge is 0.338 e.